The maximum atomic E-state index is 5.85. The molecule has 0 amide bonds. The van der Waals surface area contributed by atoms with Gasteiger partial charge in [-0.2, -0.15) is 0 Å². The second-order valence-electron chi connectivity index (χ2n) is 5.53. The van der Waals surface area contributed by atoms with Crippen LogP contribution in [0.5, 0.6) is 11.5 Å². The number of ether oxygens (including phenoxy) is 2. The lowest BCUT2D eigenvalue weighted by molar-refractivity contribution is 0.356. The van der Waals surface area contributed by atoms with Gasteiger partial charge in [0.1, 0.15) is 11.5 Å². The summed E-state index contributed by atoms with van der Waals surface area (Å²) in [5.74, 6) is 2.28. The number of nitrogens with two attached hydrogens (primary N) is 1. The van der Waals surface area contributed by atoms with Crippen LogP contribution in [0.4, 0.5) is 0 Å². The van der Waals surface area contributed by atoms with Crippen LogP contribution in [0.3, 0.4) is 0 Å². The van der Waals surface area contributed by atoms with Crippen LogP contribution >= 0.6 is 0 Å². The summed E-state index contributed by atoms with van der Waals surface area (Å²) in [6.45, 7) is 2.94. The molecule has 3 atom stereocenters. The van der Waals surface area contributed by atoms with Gasteiger partial charge in [-0.3, -0.25) is 0 Å². The zero-order valence-corrected chi connectivity index (χ0v) is 12.7. The molecule has 1 fully saturated rings. The van der Waals surface area contributed by atoms with Crippen molar-refractivity contribution < 1.29 is 9.47 Å². The second-order valence-corrected chi connectivity index (χ2v) is 5.53. The summed E-state index contributed by atoms with van der Waals surface area (Å²) < 4.78 is 10.7. The van der Waals surface area contributed by atoms with Crippen LogP contribution in [0.2, 0.25) is 0 Å². The molecule has 0 aliphatic heterocycles. The summed E-state index contributed by atoms with van der Waals surface area (Å²) in [6, 6.07) is 6.74. The molecule has 0 radical (unpaired) electrons. The summed E-state index contributed by atoms with van der Waals surface area (Å²) >= 11 is 0. The van der Waals surface area contributed by atoms with Gasteiger partial charge < -0.3 is 20.5 Å². The molecule has 4 nitrogen and oxygen atoms in total. The van der Waals surface area contributed by atoms with Gasteiger partial charge in [0.2, 0.25) is 0 Å². The Labute approximate surface area is 121 Å². The van der Waals surface area contributed by atoms with Crippen molar-refractivity contribution in [2.75, 3.05) is 20.8 Å². The Hall–Kier alpha value is -1.26. The molecule has 1 aromatic carbocycles. The predicted molar refractivity (Wildman–Crippen MR) is 81.3 cm³/mol. The van der Waals surface area contributed by atoms with E-state index in [2.05, 4.69) is 18.3 Å². The molecule has 1 saturated carbocycles. The molecule has 3 N–H and O–H groups in total. The van der Waals surface area contributed by atoms with E-state index in [1.54, 1.807) is 14.2 Å². The van der Waals surface area contributed by atoms with Gasteiger partial charge >= 0.3 is 0 Å². The molecule has 0 spiro atoms. The van der Waals surface area contributed by atoms with Crippen LogP contribution in [0.1, 0.15) is 37.8 Å². The Bertz CT molecular complexity index is 436. The fourth-order valence-electron chi connectivity index (χ4n) is 3.13. The predicted octanol–water partition coefficient (Wildman–Crippen LogP) is 2.48. The van der Waals surface area contributed by atoms with Crippen molar-refractivity contribution in [3.63, 3.8) is 0 Å². The molecule has 0 saturated heterocycles. The van der Waals surface area contributed by atoms with E-state index in [-0.39, 0.29) is 6.04 Å². The molecule has 20 heavy (non-hydrogen) atoms. The van der Waals surface area contributed by atoms with Crippen LogP contribution in [-0.4, -0.2) is 26.8 Å². The Morgan fingerprint density at radius 3 is 2.75 bits per heavy atom. The highest BCUT2D eigenvalue weighted by molar-refractivity contribution is 5.42. The van der Waals surface area contributed by atoms with Crippen molar-refractivity contribution in [2.24, 2.45) is 11.7 Å². The molecule has 3 unspecified atom stereocenters. The maximum absolute atomic E-state index is 5.85. The van der Waals surface area contributed by atoms with Gasteiger partial charge in [0.15, 0.2) is 0 Å². The van der Waals surface area contributed by atoms with E-state index in [0.29, 0.717) is 12.0 Å². The highest BCUT2D eigenvalue weighted by Gasteiger charge is 2.27. The van der Waals surface area contributed by atoms with Gasteiger partial charge in [0, 0.05) is 23.7 Å². The molecule has 0 bridgehead atoms. The van der Waals surface area contributed by atoms with E-state index < -0.39 is 0 Å². The first-order valence-electron chi connectivity index (χ1n) is 7.37. The van der Waals surface area contributed by atoms with Crippen molar-refractivity contribution in [2.45, 2.75) is 38.3 Å². The van der Waals surface area contributed by atoms with Gasteiger partial charge in [0.25, 0.3) is 0 Å². The van der Waals surface area contributed by atoms with Gasteiger partial charge in [-0.1, -0.05) is 12.5 Å². The summed E-state index contributed by atoms with van der Waals surface area (Å²) in [5, 5.41) is 3.71. The summed E-state index contributed by atoms with van der Waals surface area (Å²) in [5.41, 5.74) is 7.01. The van der Waals surface area contributed by atoms with E-state index in [1.807, 2.05) is 12.1 Å². The third-order valence-electron chi connectivity index (χ3n) is 4.33. The van der Waals surface area contributed by atoms with E-state index in [4.69, 9.17) is 15.2 Å². The largest absolute Gasteiger partial charge is 0.497 e. The molecule has 1 aliphatic carbocycles. The number of nitrogens with one attached hydrogen (secondary N) is 1. The molecule has 2 rings (SSSR count). The Kier molecular flexibility index (Phi) is 5.26. The fourth-order valence-corrected chi connectivity index (χ4v) is 3.13. The van der Waals surface area contributed by atoms with Crippen LogP contribution in [0.25, 0.3) is 0 Å². The summed E-state index contributed by atoms with van der Waals surface area (Å²) in [7, 11) is 3.36. The standard InChI is InChI=1S/C16H26N2O2/c1-11(18-15-6-4-5-12(15)10-17)14-8-7-13(19-2)9-16(14)20-3/h7-9,11-12,15,18H,4-6,10,17H2,1-3H3. The zero-order valence-electron chi connectivity index (χ0n) is 12.7. The zero-order chi connectivity index (χ0) is 14.5. The second kappa shape index (κ2) is 6.95. The molecule has 1 aliphatic rings. The van der Waals surface area contributed by atoms with Crippen molar-refractivity contribution in [3.05, 3.63) is 23.8 Å². The highest BCUT2D eigenvalue weighted by Crippen LogP contribution is 2.32. The minimum Gasteiger partial charge on any atom is -0.497 e. The Balaban J connectivity index is 2.10. The van der Waals surface area contributed by atoms with Crippen LogP contribution < -0.4 is 20.5 Å². The first-order valence-corrected chi connectivity index (χ1v) is 7.37. The smallest absolute Gasteiger partial charge is 0.127 e. The topological polar surface area (TPSA) is 56.5 Å². The minimum atomic E-state index is 0.244. The van der Waals surface area contributed by atoms with Crippen molar-refractivity contribution in [1.82, 2.24) is 5.32 Å². The van der Waals surface area contributed by atoms with Gasteiger partial charge in [-0.05, 0) is 38.3 Å². The van der Waals surface area contributed by atoms with Crippen molar-refractivity contribution in [3.8, 4) is 11.5 Å². The van der Waals surface area contributed by atoms with Crippen LogP contribution in [-0.2, 0) is 0 Å². The van der Waals surface area contributed by atoms with Gasteiger partial charge in [0.05, 0.1) is 14.2 Å². The lowest BCUT2D eigenvalue weighted by Crippen LogP contribution is -2.37. The SMILES string of the molecule is COc1ccc(C(C)NC2CCCC2CN)c(OC)c1. The third-order valence-corrected chi connectivity index (χ3v) is 4.33. The molecule has 0 aromatic heterocycles. The van der Waals surface area contributed by atoms with Crippen LogP contribution in [0.15, 0.2) is 18.2 Å². The lowest BCUT2D eigenvalue weighted by Gasteiger charge is -2.25. The van der Waals surface area contributed by atoms with E-state index in [1.165, 1.54) is 19.3 Å². The lowest BCUT2D eigenvalue weighted by atomic mass is 10.0. The minimum absolute atomic E-state index is 0.244. The Morgan fingerprint density at radius 2 is 2.10 bits per heavy atom. The third kappa shape index (κ3) is 3.25. The number of benzene rings is 1. The normalized spacial score (nSPS) is 23.6. The molecule has 4 heteroatoms. The number of hydrogen-bond donors (Lipinski definition) is 2. The van der Waals surface area contributed by atoms with E-state index in [0.717, 1.165) is 23.6 Å². The average Bonchev–Trinajstić information content (AvgIpc) is 2.93. The summed E-state index contributed by atoms with van der Waals surface area (Å²) in [6.07, 6.45) is 3.72. The van der Waals surface area contributed by atoms with Gasteiger partial charge in [-0.25, -0.2) is 0 Å². The molecular formula is C16H26N2O2. The highest BCUT2D eigenvalue weighted by atomic mass is 16.5. The molecule has 1 aromatic rings. The maximum Gasteiger partial charge on any atom is 0.127 e. The van der Waals surface area contributed by atoms with Crippen molar-refractivity contribution >= 4 is 0 Å². The molecular weight excluding hydrogens is 252 g/mol. The molecule has 0 heterocycles. The molecule has 112 valence electrons. The number of hydrogen-bond acceptors (Lipinski definition) is 4. The fraction of sp³-hybridized carbons (Fsp3) is 0.625. The first kappa shape index (κ1) is 15.1. The first-order chi connectivity index (χ1) is 9.69. The quantitative estimate of drug-likeness (QED) is 0.839. The number of rotatable bonds is 6. The Morgan fingerprint density at radius 1 is 1.30 bits per heavy atom. The summed E-state index contributed by atoms with van der Waals surface area (Å²) in [4.78, 5) is 0. The van der Waals surface area contributed by atoms with Crippen LogP contribution in [0, 0.1) is 5.92 Å². The monoisotopic (exact) mass is 278 g/mol. The van der Waals surface area contributed by atoms with Crippen molar-refractivity contribution in [1.29, 1.82) is 0 Å². The average molecular weight is 278 g/mol. The van der Waals surface area contributed by atoms with E-state index >= 15 is 0 Å². The van der Waals surface area contributed by atoms with E-state index in [9.17, 15) is 0 Å². The number of methoxy groups -OCH3 is 2. The van der Waals surface area contributed by atoms with Gasteiger partial charge in [-0.15, -0.1) is 0 Å².